The van der Waals surface area contributed by atoms with E-state index in [2.05, 4.69) is 15.1 Å². The van der Waals surface area contributed by atoms with Gasteiger partial charge in [-0.1, -0.05) is 0 Å². The lowest BCUT2D eigenvalue weighted by atomic mass is 9.85. The number of aliphatic carboxylic acids is 1. The van der Waals surface area contributed by atoms with E-state index in [0.29, 0.717) is 19.1 Å². The van der Waals surface area contributed by atoms with Crippen LogP contribution >= 0.6 is 0 Å². The van der Waals surface area contributed by atoms with Crippen LogP contribution in [0.2, 0.25) is 0 Å². The predicted octanol–water partition coefficient (Wildman–Crippen LogP) is -0.239. The standard InChI is InChI=1S/C16H27N3O4/c1-18-4-5-23-14(9-18)16(22)17-12-6-13(7-12)19(10-15(20)21)8-11-2-3-11/h11-14H,2-10H2,1H3,(H,17,22)(H,20,21)/t12?,13?,14-/m0/s1. The van der Waals surface area contributed by atoms with E-state index in [4.69, 9.17) is 9.84 Å². The van der Waals surface area contributed by atoms with Crippen molar-refractivity contribution in [1.29, 1.82) is 0 Å². The fraction of sp³-hybridized carbons (Fsp3) is 0.875. The molecule has 130 valence electrons. The Labute approximate surface area is 136 Å². The number of hydrogen-bond acceptors (Lipinski definition) is 5. The first-order valence-electron chi connectivity index (χ1n) is 8.57. The van der Waals surface area contributed by atoms with Crippen molar-refractivity contribution in [3.8, 4) is 0 Å². The van der Waals surface area contributed by atoms with Gasteiger partial charge in [-0.05, 0) is 38.6 Å². The molecule has 0 aromatic carbocycles. The minimum Gasteiger partial charge on any atom is -0.480 e. The summed E-state index contributed by atoms with van der Waals surface area (Å²) < 4.78 is 5.53. The largest absolute Gasteiger partial charge is 0.480 e. The molecule has 1 atom stereocenters. The topological polar surface area (TPSA) is 82.1 Å². The Hall–Kier alpha value is -1.18. The van der Waals surface area contributed by atoms with Gasteiger partial charge in [0.15, 0.2) is 0 Å². The first-order valence-corrected chi connectivity index (χ1v) is 8.57. The van der Waals surface area contributed by atoms with Crippen molar-refractivity contribution in [2.75, 3.05) is 39.8 Å². The molecule has 2 aliphatic carbocycles. The molecular weight excluding hydrogens is 298 g/mol. The number of ether oxygens (including phenoxy) is 1. The highest BCUT2D eigenvalue weighted by molar-refractivity contribution is 5.81. The van der Waals surface area contributed by atoms with Gasteiger partial charge in [0.25, 0.3) is 5.91 Å². The van der Waals surface area contributed by atoms with Crippen LogP contribution < -0.4 is 5.32 Å². The molecule has 1 amide bonds. The van der Waals surface area contributed by atoms with Crippen LogP contribution in [0.15, 0.2) is 0 Å². The van der Waals surface area contributed by atoms with Crippen LogP contribution in [0, 0.1) is 5.92 Å². The Bertz CT molecular complexity index is 449. The van der Waals surface area contributed by atoms with Crippen LogP contribution in [0.4, 0.5) is 0 Å². The molecule has 0 aromatic rings. The lowest BCUT2D eigenvalue weighted by molar-refractivity contribution is -0.142. The van der Waals surface area contributed by atoms with Gasteiger partial charge in [0.1, 0.15) is 6.10 Å². The smallest absolute Gasteiger partial charge is 0.317 e. The molecule has 7 heteroatoms. The molecule has 0 spiro atoms. The summed E-state index contributed by atoms with van der Waals surface area (Å²) in [5.74, 6) is -0.127. The maximum atomic E-state index is 12.2. The molecule has 0 radical (unpaired) electrons. The molecule has 3 fully saturated rings. The third-order valence-corrected chi connectivity index (χ3v) is 5.07. The van der Waals surface area contributed by atoms with Crippen molar-refractivity contribution in [2.24, 2.45) is 5.92 Å². The molecular formula is C16H27N3O4. The molecule has 0 aromatic heterocycles. The molecule has 2 N–H and O–H groups in total. The van der Waals surface area contributed by atoms with E-state index in [-0.39, 0.29) is 30.6 Å². The number of nitrogens with one attached hydrogen (secondary N) is 1. The zero-order chi connectivity index (χ0) is 16.4. The summed E-state index contributed by atoms with van der Waals surface area (Å²) in [6, 6.07) is 0.436. The van der Waals surface area contributed by atoms with Crippen molar-refractivity contribution in [3.63, 3.8) is 0 Å². The van der Waals surface area contributed by atoms with E-state index in [1.54, 1.807) is 0 Å². The minimum absolute atomic E-state index is 0.0352. The molecule has 0 bridgehead atoms. The number of amides is 1. The van der Waals surface area contributed by atoms with Crippen molar-refractivity contribution < 1.29 is 19.4 Å². The summed E-state index contributed by atoms with van der Waals surface area (Å²) in [6.07, 6.45) is 3.74. The highest BCUT2D eigenvalue weighted by atomic mass is 16.5. The maximum Gasteiger partial charge on any atom is 0.317 e. The van der Waals surface area contributed by atoms with Gasteiger partial charge in [-0.3, -0.25) is 14.5 Å². The Morgan fingerprint density at radius 1 is 1.35 bits per heavy atom. The summed E-state index contributed by atoms with van der Waals surface area (Å²) in [6.45, 7) is 3.08. The second-order valence-corrected chi connectivity index (χ2v) is 7.22. The average Bonchev–Trinajstić information content (AvgIpc) is 3.25. The number of rotatable bonds is 7. The second kappa shape index (κ2) is 7.15. The monoisotopic (exact) mass is 325 g/mol. The molecule has 0 unspecified atom stereocenters. The van der Waals surface area contributed by atoms with Gasteiger partial charge in [-0.15, -0.1) is 0 Å². The summed E-state index contributed by atoms with van der Waals surface area (Å²) >= 11 is 0. The summed E-state index contributed by atoms with van der Waals surface area (Å²) in [4.78, 5) is 27.4. The first-order chi connectivity index (χ1) is 11.0. The van der Waals surface area contributed by atoms with Gasteiger partial charge in [0, 0.05) is 31.7 Å². The van der Waals surface area contributed by atoms with Crippen molar-refractivity contribution in [3.05, 3.63) is 0 Å². The van der Waals surface area contributed by atoms with Crippen molar-refractivity contribution >= 4 is 11.9 Å². The van der Waals surface area contributed by atoms with Crippen molar-refractivity contribution in [2.45, 2.75) is 43.9 Å². The fourth-order valence-electron chi connectivity index (χ4n) is 3.38. The van der Waals surface area contributed by atoms with Crippen LogP contribution in [-0.2, 0) is 14.3 Å². The van der Waals surface area contributed by atoms with Crippen molar-refractivity contribution in [1.82, 2.24) is 15.1 Å². The Balaban J connectivity index is 1.42. The van der Waals surface area contributed by atoms with Gasteiger partial charge in [-0.25, -0.2) is 0 Å². The average molecular weight is 325 g/mol. The van der Waals surface area contributed by atoms with Crippen LogP contribution in [0.25, 0.3) is 0 Å². The normalized spacial score (nSPS) is 31.7. The number of carboxylic acids is 1. The molecule has 2 saturated carbocycles. The Kier molecular flexibility index (Phi) is 5.18. The SMILES string of the molecule is CN1CCO[C@H](C(=O)NC2CC(N(CC(=O)O)CC3CC3)C2)C1. The van der Waals surface area contributed by atoms with Crippen LogP contribution in [0.1, 0.15) is 25.7 Å². The van der Waals surface area contributed by atoms with Crippen LogP contribution in [0.5, 0.6) is 0 Å². The minimum atomic E-state index is -0.767. The van der Waals surface area contributed by atoms with E-state index in [9.17, 15) is 9.59 Å². The lowest BCUT2D eigenvalue weighted by Crippen LogP contribution is -2.58. The third-order valence-electron chi connectivity index (χ3n) is 5.07. The molecule has 1 heterocycles. The number of carbonyl (C=O) groups is 2. The zero-order valence-electron chi connectivity index (χ0n) is 13.7. The molecule has 1 saturated heterocycles. The van der Waals surface area contributed by atoms with E-state index in [1.807, 2.05) is 7.05 Å². The molecule has 3 rings (SSSR count). The highest BCUT2D eigenvalue weighted by Crippen LogP contribution is 2.33. The van der Waals surface area contributed by atoms with Gasteiger partial charge in [0.2, 0.25) is 0 Å². The highest BCUT2D eigenvalue weighted by Gasteiger charge is 2.38. The molecule has 3 aliphatic rings. The maximum absolute atomic E-state index is 12.2. The lowest BCUT2D eigenvalue weighted by Gasteiger charge is -2.43. The number of carbonyl (C=O) groups excluding carboxylic acids is 1. The van der Waals surface area contributed by atoms with Gasteiger partial charge in [-0.2, -0.15) is 0 Å². The van der Waals surface area contributed by atoms with Crippen LogP contribution in [-0.4, -0.2) is 84.8 Å². The summed E-state index contributed by atoms with van der Waals surface area (Å²) in [5, 5.41) is 12.1. The zero-order valence-corrected chi connectivity index (χ0v) is 13.7. The molecule has 1 aliphatic heterocycles. The molecule has 23 heavy (non-hydrogen) atoms. The quantitative estimate of drug-likeness (QED) is 0.672. The van der Waals surface area contributed by atoms with Gasteiger partial charge >= 0.3 is 5.97 Å². The number of morpholine rings is 1. The van der Waals surface area contributed by atoms with E-state index < -0.39 is 5.97 Å². The van der Waals surface area contributed by atoms with E-state index >= 15 is 0 Å². The fourth-order valence-corrected chi connectivity index (χ4v) is 3.38. The number of carboxylic acid groups (broad SMARTS) is 1. The number of likely N-dealkylation sites (N-methyl/N-ethyl adjacent to an activating group) is 1. The van der Waals surface area contributed by atoms with E-state index in [0.717, 1.165) is 25.9 Å². The Morgan fingerprint density at radius 3 is 2.70 bits per heavy atom. The van der Waals surface area contributed by atoms with Gasteiger partial charge in [0.05, 0.1) is 13.2 Å². The number of nitrogens with zero attached hydrogens (tertiary/aromatic N) is 2. The predicted molar refractivity (Wildman–Crippen MR) is 84.1 cm³/mol. The second-order valence-electron chi connectivity index (χ2n) is 7.22. The molecule has 7 nitrogen and oxygen atoms in total. The van der Waals surface area contributed by atoms with Crippen LogP contribution in [0.3, 0.4) is 0 Å². The van der Waals surface area contributed by atoms with Gasteiger partial charge < -0.3 is 20.1 Å². The first kappa shape index (κ1) is 16.7. The summed E-state index contributed by atoms with van der Waals surface area (Å²) in [5.41, 5.74) is 0. The number of hydrogen-bond donors (Lipinski definition) is 2. The Morgan fingerprint density at radius 2 is 2.09 bits per heavy atom. The van der Waals surface area contributed by atoms with E-state index in [1.165, 1.54) is 12.8 Å². The summed E-state index contributed by atoms with van der Waals surface area (Å²) in [7, 11) is 1.99. The third kappa shape index (κ3) is 4.65.